The van der Waals surface area contributed by atoms with Crippen LogP contribution in [-0.2, 0) is 9.84 Å². The molecule has 0 amide bonds. The summed E-state index contributed by atoms with van der Waals surface area (Å²) in [6, 6.07) is 9.94. The normalized spacial score (nSPS) is 11.3. The Morgan fingerprint density at radius 3 is 2.71 bits per heavy atom. The first-order valence-electron chi connectivity index (χ1n) is 6.46. The van der Waals surface area contributed by atoms with Gasteiger partial charge in [-0.15, -0.1) is 11.3 Å². The molecule has 0 saturated heterocycles. The van der Waals surface area contributed by atoms with Gasteiger partial charge in [-0.3, -0.25) is 4.79 Å². The number of benzene rings is 1. The topological polar surface area (TPSA) is 60.4 Å². The Labute approximate surface area is 128 Å². The molecule has 0 fully saturated rings. The smallest absolute Gasteiger partial charge is 0.178 e. The zero-order valence-corrected chi connectivity index (χ0v) is 13.2. The van der Waals surface area contributed by atoms with E-state index >= 15 is 0 Å². The lowest BCUT2D eigenvalue weighted by Crippen LogP contribution is -2.09. The van der Waals surface area contributed by atoms with Gasteiger partial charge in [-0.25, -0.2) is 8.42 Å². The SMILES string of the molecule is COc1cccc(S(=O)(=O)CCCC(=O)c2cccs2)c1. The van der Waals surface area contributed by atoms with E-state index in [-0.39, 0.29) is 22.9 Å². The second-order valence-corrected chi connectivity index (χ2v) is 7.56. The fraction of sp³-hybridized carbons (Fsp3) is 0.267. The van der Waals surface area contributed by atoms with Crippen molar-refractivity contribution in [3.63, 3.8) is 0 Å². The van der Waals surface area contributed by atoms with Crippen molar-refractivity contribution < 1.29 is 17.9 Å². The summed E-state index contributed by atoms with van der Waals surface area (Å²) in [5.41, 5.74) is 0. The van der Waals surface area contributed by atoms with E-state index in [0.29, 0.717) is 17.0 Å². The second-order valence-electron chi connectivity index (χ2n) is 4.50. The van der Waals surface area contributed by atoms with E-state index in [0.717, 1.165) is 0 Å². The summed E-state index contributed by atoms with van der Waals surface area (Å²) in [5, 5.41) is 1.83. The summed E-state index contributed by atoms with van der Waals surface area (Å²) in [6.45, 7) is 0. The molecule has 0 radical (unpaired) electrons. The average Bonchev–Trinajstić information content (AvgIpc) is 3.01. The number of hydrogen-bond acceptors (Lipinski definition) is 5. The fourth-order valence-electron chi connectivity index (χ4n) is 1.90. The molecule has 2 rings (SSSR count). The van der Waals surface area contributed by atoms with Gasteiger partial charge in [-0.2, -0.15) is 0 Å². The zero-order chi connectivity index (χ0) is 15.3. The van der Waals surface area contributed by atoms with Crippen molar-refractivity contribution in [2.75, 3.05) is 12.9 Å². The Hall–Kier alpha value is -1.66. The van der Waals surface area contributed by atoms with E-state index in [1.54, 1.807) is 24.3 Å². The summed E-state index contributed by atoms with van der Waals surface area (Å²) < 4.78 is 29.4. The molecule has 0 saturated carbocycles. The lowest BCUT2D eigenvalue weighted by molar-refractivity contribution is 0.0986. The predicted octanol–water partition coefficient (Wildman–Crippen LogP) is 3.19. The molecule has 0 aliphatic carbocycles. The standard InChI is InChI=1S/C15H16O4S2/c1-19-12-5-2-6-13(11-12)21(17,18)10-4-7-14(16)15-8-3-9-20-15/h2-3,5-6,8-9,11H,4,7,10H2,1H3. The maximum Gasteiger partial charge on any atom is 0.178 e. The van der Waals surface area contributed by atoms with E-state index < -0.39 is 9.84 Å². The third-order valence-electron chi connectivity index (χ3n) is 3.01. The third kappa shape index (κ3) is 4.15. The fourth-order valence-corrected chi connectivity index (χ4v) is 3.93. The van der Waals surface area contributed by atoms with Gasteiger partial charge in [0.2, 0.25) is 0 Å². The molecule has 1 aromatic carbocycles. The van der Waals surface area contributed by atoms with Crippen molar-refractivity contribution in [1.29, 1.82) is 0 Å². The highest BCUT2D eigenvalue weighted by Gasteiger charge is 2.16. The van der Waals surface area contributed by atoms with Crippen LogP contribution in [0.25, 0.3) is 0 Å². The number of Topliss-reactive ketones (excluding diaryl/α,β-unsaturated/α-hetero) is 1. The average molecular weight is 324 g/mol. The van der Waals surface area contributed by atoms with Crippen LogP contribution in [0.15, 0.2) is 46.7 Å². The Balaban J connectivity index is 1.96. The van der Waals surface area contributed by atoms with Gasteiger partial charge in [0.1, 0.15) is 5.75 Å². The van der Waals surface area contributed by atoms with E-state index in [9.17, 15) is 13.2 Å². The number of ketones is 1. The van der Waals surface area contributed by atoms with Crippen molar-refractivity contribution in [1.82, 2.24) is 0 Å². The van der Waals surface area contributed by atoms with Crippen LogP contribution in [0, 0.1) is 0 Å². The van der Waals surface area contributed by atoms with Gasteiger partial charge in [0.15, 0.2) is 15.6 Å². The molecule has 112 valence electrons. The molecule has 6 heteroatoms. The Morgan fingerprint density at radius 2 is 2.05 bits per heavy atom. The minimum atomic E-state index is -3.39. The molecule has 0 atom stereocenters. The van der Waals surface area contributed by atoms with Crippen LogP contribution in [0.5, 0.6) is 5.75 Å². The molecule has 0 aliphatic rings. The molecule has 4 nitrogen and oxygen atoms in total. The summed E-state index contributed by atoms with van der Waals surface area (Å²) >= 11 is 1.37. The monoisotopic (exact) mass is 324 g/mol. The van der Waals surface area contributed by atoms with Gasteiger partial charge in [-0.1, -0.05) is 12.1 Å². The van der Waals surface area contributed by atoms with Gasteiger partial charge < -0.3 is 4.74 Å². The molecular formula is C15H16O4S2. The largest absolute Gasteiger partial charge is 0.497 e. The number of carbonyl (C=O) groups is 1. The van der Waals surface area contributed by atoms with Crippen molar-refractivity contribution in [3.8, 4) is 5.75 Å². The highest BCUT2D eigenvalue weighted by Crippen LogP contribution is 2.20. The number of carbonyl (C=O) groups excluding carboxylic acids is 1. The van der Waals surface area contributed by atoms with E-state index in [2.05, 4.69) is 0 Å². The third-order valence-corrected chi connectivity index (χ3v) is 5.72. The molecule has 0 unspecified atom stereocenters. The molecule has 21 heavy (non-hydrogen) atoms. The minimum Gasteiger partial charge on any atom is -0.497 e. The zero-order valence-electron chi connectivity index (χ0n) is 11.6. The first-order valence-corrected chi connectivity index (χ1v) is 8.99. The summed E-state index contributed by atoms with van der Waals surface area (Å²) in [5.74, 6) is 0.452. The van der Waals surface area contributed by atoms with Gasteiger partial charge in [0.25, 0.3) is 0 Å². The van der Waals surface area contributed by atoms with Crippen molar-refractivity contribution in [2.24, 2.45) is 0 Å². The minimum absolute atomic E-state index is 0.00848. The predicted molar refractivity (Wildman–Crippen MR) is 82.9 cm³/mol. The quantitative estimate of drug-likeness (QED) is 0.734. The molecule has 0 spiro atoms. The summed E-state index contributed by atoms with van der Waals surface area (Å²) in [4.78, 5) is 12.7. The molecule has 0 bridgehead atoms. The second kappa shape index (κ2) is 6.87. The number of methoxy groups -OCH3 is 1. The van der Waals surface area contributed by atoms with Gasteiger partial charge >= 0.3 is 0 Å². The lowest BCUT2D eigenvalue weighted by Gasteiger charge is -2.06. The van der Waals surface area contributed by atoms with Gasteiger partial charge in [-0.05, 0) is 36.1 Å². The Bertz CT molecular complexity index is 703. The van der Waals surface area contributed by atoms with Crippen LogP contribution < -0.4 is 4.74 Å². The number of ether oxygens (including phenoxy) is 1. The van der Waals surface area contributed by atoms with Crippen LogP contribution in [0.4, 0.5) is 0 Å². The molecule has 0 aliphatic heterocycles. The first-order chi connectivity index (χ1) is 10.0. The van der Waals surface area contributed by atoms with Crippen LogP contribution in [0.2, 0.25) is 0 Å². The number of thiophene rings is 1. The Kier molecular flexibility index (Phi) is 5.14. The molecule has 2 aromatic rings. The van der Waals surface area contributed by atoms with Crippen LogP contribution >= 0.6 is 11.3 Å². The van der Waals surface area contributed by atoms with Gasteiger partial charge in [0, 0.05) is 6.42 Å². The highest BCUT2D eigenvalue weighted by atomic mass is 32.2. The summed E-state index contributed by atoms with van der Waals surface area (Å²) in [7, 11) is -1.89. The molecule has 0 N–H and O–H groups in total. The maximum atomic E-state index is 12.2. The Morgan fingerprint density at radius 1 is 1.24 bits per heavy atom. The molecule has 1 aromatic heterocycles. The van der Waals surface area contributed by atoms with Gasteiger partial charge in [0.05, 0.1) is 22.6 Å². The van der Waals surface area contributed by atoms with Crippen LogP contribution in [-0.4, -0.2) is 27.1 Å². The van der Waals surface area contributed by atoms with Crippen LogP contribution in [0.3, 0.4) is 0 Å². The van der Waals surface area contributed by atoms with Crippen molar-refractivity contribution >= 4 is 27.0 Å². The van der Waals surface area contributed by atoms with Crippen molar-refractivity contribution in [3.05, 3.63) is 46.7 Å². The lowest BCUT2D eigenvalue weighted by atomic mass is 10.2. The number of hydrogen-bond donors (Lipinski definition) is 0. The van der Waals surface area contributed by atoms with E-state index in [1.165, 1.54) is 24.5 Å². The summed E-state index contributed by atoms with van der Waals surface area (Å²) in [6.07, 6.45) is 0.556. The highest BCUT2D eigenvalue weighted by molar-refractivity contribution is 7.91. The molecular weight excluding hydrogens is 308 g/mol. The number of sulfone groups is 1. The molecule has 1 heterocycles. The van der Waals surface area contributed by atoms with Crippen molar-refractivity contribution in [2.45, 2.75) is 17.7 Å². The van der Waals surface area contributed by atoms with E-state index in [4.69, 9.17) is 4.74 Å². The van der Waals surface area contributed by atoms with E-state index in [1.807, 2.05) is 11.4 Å². The number of rotatable bonds is 7. The van der Waals surface area contributed by atoms with Crippen LogP contribution in [0.1, 0.15) is 22.5 Å². The first kappa shape index (κ1) is 15.7. The maximum absolute atomic E-state index is 12.2.